The molecule has 1 rings (SSSR count). The molecule has 0 aliphatic rings. The number of aromatic nitrogens is 2. The van der Waals surface area contributed by atoms with E-state index in [0.29, 0.717) is 6.42 Å². The average Bonchev–Trinajstić information content (AvgIpc) is 2.29. The Morgan fingerprint density at radius 1 is 1.67 bits per heavy atom. The third-order valence-electron chi connectivity index (χ3n) is 1.49. The number of hydrogen-bond donors (Lipinski definition) is 0. The molecule has 0 aliphatic carbocycles. The molecule has 0 saturated heterocycles. The quantitative estimate of drug-likeness (QED) is 0.681. The predicted molar refractivity (Wildman–Crippen MR) is 46.6 cm³/mol. The zero-order chi connectivity index (χ0) is 9.19. The molecule has 68 valence electrons. The lowest BCUT2D eigenvalue weighted by Crippen LogP contribution is -2.05. The van der Waals surface area contributed by atoms with E-state index in [1.54, 1.807) is 17.0 Å². The van der Waals surface area contributed by atoms with E-state index >= 15 is 0 Å². The topological polar surface area (TPSA) is 52.0 Å². The van der Waals surface area contributed by atoms with Crippen LogP contribution >= 0.6 is 10.7 Å². The van der Waals surface area contributed by atoms with Crippen LogP contribution in [0.25, 0.3) is 0 Å². The van der Waals surface area contributed by atoms with Crippen molar-refractivity contribution in [3.05, 3.63) is 18.2 Å². The molecule has 6 heteroatoms. The van der Waals surface area contributed by atoms with Crippen molar-refractivity contribution < 1.29 is 8.42 Å². The molecular formula is C6H9ClN2O2S. The van der Waals surface area contributed by atoms with Crippen molar-refractivity contribution in [1.82, 2.24) is 9.55 Å². The van der Waals surface area contributed by atoms with E-state index in [1.807, 2.05) is 7.05 Å². The molecule has 0 atom stereocenters. The normalized spacial score (nSPS) is 11.8. The second kappa shape index (κ2) is 3.45. The van der Waals surface area contributed by atoms with Crippen LogP contribution in [0, 0.1) is 0 Å². The molecule has 0 aliphatic heterocycles. The maximum Gasteiger partial charge on any atom is 0.233 e. The Labute approximate surface area is 75.6 Å². The van der Waals surface area contributed by atoms with Crippen molar-refractivity contribution in [3.8, 4) is 0 Å². The summed E-state index contributed by atoms with van der Waals surface area (Å²) in [6, 6.07) is 0. The van der Waals surface area contributed by atoms with E-state index < -0.39 is 9.05 Å². The summed E-state index contributed by atoms with van der Waals surface area (Å²) in [5, 5.41) is 0. The summed E-state index contributed by atoms with van der Waals surface area (Å²) in [5.41, 5.74) is 0. The van der Waals surface area contributed by atoms with Crippen molar-refractivity contribution in [2.75, 3.05) is 5.75 Å². The first-order valence-corrected chi connectivity index (χ1v) is 5.85. The summed E-state index contributed by atoms with van der Waals surface area (Å²) in [5.74, 6) is 0.651. The largest absolute Gasteiger partial charge is 0.338 e. The maximum atomic E-state index is 10.6. The van der Waals surface area contributed by atoms with E-state index in [-0.39, 0.29) is 5.75 Å². The fourth-order valence-corrected chi connectivity index (χ4v) is 1.51. The lowest BCUT2D eigenvalue weighted by atomic mass is 10.4. The first-order chi connectivity index (χ1) is 5.49. The van der Waals surface area contributed by atoms with Crippen molar-refractivity contribution in [2.45, 2.75) is 6.42 Å². The Kier molecular flexibility index (Phi) is 2.74. The molecule has 1 aromatic rings. The van der Waals surface area contributed by atoms with E-state index in [4.69, 9.17) is 10.7 Å². The Hall–Kier alpha value is -0.550. The number of imidazole rings is 1. The third-order valence-corrected chi connectivity index (χ3v) is 2.65. The molecule has 0 N–H and O–H groups in total. The average molecular weight is 209 g/mol. The number of halogens is 1. The van der Waals surface area contributed by atoms with Gasteiger partial charge in [0.2, 0.25) is 9.05 Å². The molecule has 4 nitrogen and oxygen atoms in total. The van der Waals surface area contributed by atoms with Crippen LogP contribution in [0.1, 0.15) is 5.82 Å². The number of aryl methyl sites for hydroxylation is 2. The van der Waals surface area contributed by atoms with Gasteiger partial charge in [-0.05, 0) is 0 Å². The molecular weight excluding hydrogens is 200 g/mol. The van der Waals surface area contributed by atoms with Gasteiger partial charge in [-0.15, -0.1) is 0 Å². The van der Waals surface area contributed by atoms with Crippen LogP contribution in [0.5, 0.6) is 0 Å². The van der Waals surface area contributed by atoms with Crippen molar-refractivity contribution >= 4 is 19.7 Å². The van der Waals surface area contributed by atoms with Gasteiger partial charge in [0.15, 0.2) is 0 Å². The smallest absolute Gasteiger partial charge is 0.233 e. The molecule has 1 aromatic heterocycles. The van der Waals surface area contributed by atoms with Crippen LogP contribution in [0.2, 0.25) is 0 Å². The van der Waals surface area contributed by atoms with Gasteiger partial charge >= 0.3 is 0 Å². The van der Waals surface area contributed by atoms with E-state index in [9.17, 15) is 8.42 Å². The van der Waals surface area contributed by atoms with Crippen molar-refractivity contribution in [2.24, 2.45) is 7.05 Å². The van der Waals surface area contributed by atoms with E-state index in [1.165, 1.54) is 0 Å². The molecule has 0 fully saturated rings. The van der Waals surface area contributed by atoms with Gasteiger partial charge in [0.25, 0.3) is 0 Å². The highest BCUT2D eigenvalue weighted by Crippen LogP contribution is 2.02. The van der Waals surface area contributed by atoms with Gasteiger partial charge in [-0.25, -0.2) is 13.4 Å². The minimum Gasteiger partial charge on any atom is -0.338 e. The Morgan fingerprint density at radius 2 is 2.33 bits per heavy atom. The fourth-order valence-electron chi connectivity index (χ4n) is 0.851. The van der Waals surface area contributed by atoms with Crippen molar-refractivity contribution in [1.29, 1.82) is 0 Å². The van der Waals surface area contributed by atoms with Gasteiger partial charge in [0.05, 0.1) is 5.75 Å². The highest BCUT2D eigenvalue weighted by atomic mass is 35.7. The van der Waals surface area contributed by atoms with E-state index in [0.717, 1.165) is 5.82 Å². The highest BCUT2D eigenvalue weighted by molar-refractivity contribution is 8.13. The van der Waals surface area contributed by atoms with Crippen LogP contribution in [0.4, 0.5) is 0 Å². The minimum absolute atomic E-state index is 0.0700. The van der Waals surface area contributed by atoms with E-state index in [2.05, 4.69) is 4.98 Å². The molecule has 0 saturated carbocycles. The molecule has 0 aromatic carbocycles. The molecule has 0 radical (unpaired) electrons. The summed E-state index contributed by atoms with van der Waals surface area (Å²) < 4.78 is 22.9. The first-order valence-electron chi connectivity index (χ1n) is 3.37. The minimum atomic E-state index is -3.40. The summed E-state index contributed by atoms with van der Waals surface area (Å²) in [6.07, 6.45) is 3.74. The van der Waals surface area contributed by atoms with Gasteiger partial charge in [0, 0.05) is 36.5 Å². The molecule has 1 heterocycles. The number of hydrogen-bond acceptors (Lipinski definition) is 3. The molecule has 0 amide bonds. The summed E-state index contributed by atoms with van der Waals surface area (Å²) in [4.78, 5) is 3.96. The maximum absolute atomic E-state index is 10.6. The standard InChI is InChI=1S/C6H9ClN2O2S/c1-9-4-3-8-6(9)2-5-12(7,10)11/h3-4H,2,5H2,1H3. The van der Waals surface area contributed by atoms with Crippen LogP contribution < -0.4 is 0 Å². The summed E-state index contributed by atoms with van der Waals surface area (Å²) in [7, 11) is 3.45. The van der Waals surface area contributed by atoms with Gasteiger partial charge in [-0.1, -0.05) is 0 Å². The SMILES string of the molecule is Cn1ccnc1CCS(=O)(=O)Cl. The van der Waals surface area contributed by atoms with Gasteiger partial charge in [-0.2, -0.15) is 0 Å². The second-order valence-electron chi connectivity index (χ2n) is 2.45. The van der Waals surface area contributed by atoms with Crippen LogP contribution in [-0.2, 0) is 22.5 Å². The van der Waals surface area contributed by atoms with Gasteiger partial charge in [-0.3, -0.25) is 0 Å². The highest BCUT2D eigenvalue weighted by Gasteiger charge is 2.07. The van der Waals surface area contributed by atoms with Crippen LogP contribution in [0.15, 0.2) is 12.4 Å². The molecule has 0 unspecified atom stereocenters. The van der Waals surface area contributed by atoms with Gasteiger partial charge in [0.1, 0.15) is 5.82 Å². The summed E-state index contributed by atoms with van der Waals surface area (Å²) >= 11 is 0. The second-order valence-corrected chi connectivity index (χ2v) is 5.34. The first kappa shape index (κ1) is 9.54. The molecule has 0 spiro atoms. The van der Waals surface area contributed by atoms with Gasteiger partial charge < -0.3 is 4.57 Å². The predicted octanol–water partition coefficient (Wildman–Crippen LogP) is 0.531. The summed E-state index contributed by atoms with van der Waals surface area (Å²) in [6.45, 7) is 0. The Balaban J connectivity index is 2.61. The number of nitrogens with zero attached hydrogens (tertiary/aromatic N) is 2. The zero-order valence-corrected chi connectivity index (χ0v) is 8.14. The molecule has 12 heavy (non-hydrogen) atoms. The number of rotatable bonds is 3. The monoisotopic (exact) mass is 208 g/mol. The lowest BCUT2D eigenvalue weighted by Gasteiger charge is -1.98. The zero-order valence-electron chi connectivity index (χ0n) is 6.57. The fraction of sp³-hybridized carbons (Fsp3) is 0.500. The Bertz CT molecular complexity index is 357. The van der Waals surface area contributed by atoms with Crippen LogP contribution in [0.3, 0.4) is 0 Å². The Morgan fingerprint density at radius 3 is 2.75 bits per heavy atom. The van der Waals surface area contributed by atoms with Crippen molar-refractivity contribution in [3.63, 3.8) is 0 Å². The molecule has 0 bridgehead atoms. The van der Waals surface area contributed by atoms with Crippen LogP contribution in [-0.4, -0.2) is 23.7 Å². The lowest BCUT2D eigenvalue weighted by molar-refractivity contribution is 0.607. The third kappa shape index (κ3) is 2.83.